The lowest BCUT2D eigenvalue weighted by Gasteiger charge is -2.14. The summed E-state index contributed by atoms with van der Waals surface area (Å²) in [4.78, 5) is 8.84. The van der Waals surface area contributed by atoms with Crippen LogP contribution in [0.3, 0.4) is 0 Å². The molecule has 1 aromatic heterocycles. The molecule has 1 unspecified atom stereocenters. The van der Waals surface area contributed by atoms with E-state index in [1.807, 2.05) is 20.8 Å². The minimum Gasteiger partial charge on any atom is -0.494 e. The Bertz CT molecular complexity index is 716. The Morgan fingerprint density at radius 3 is 2.96 bits per heavy atom. The molecule has 1 atom stereocenters. The Morgan fingerprint density at radius 2 is 2.17 bits per heavy atom. The minimum absolute atomic E-state index is 0.229. The Hall–Kier alpha value is -2.30. The van der Waals surface area contributed by atoms with Crippen molar-refractivity contribution < 1.29 is 9.47 Å². The highest BCUT2D eigenvalue weighted by Crippen LogP contribution is 2.35. The van der Waals surface area contributed by atoms with Crippen LogP contribution in [0.5, 0.6) is 11.5 Å². The SMILES string of the molecule is CCOc1cc2c(cc1CNc1nc(C)cnc1C)OC(C)C2. The van der Waals surface area contributed by atoms with Gasteiger partial charge in [-0.15, -0.1) is 0 Å². The zero-order chi connectivity index (χ0) is 16.4. The summed E-state index contributed by atoms with van der Waals surface area (Å²) >= 11 is 0. The topological polar surface area (TPSA) is 56.3 Å². The lowest BCUT2D eigenvalue weighted by Crippen LogP contribution is -2.07. The molecule has 0 saturated heterocycles. The number of hydrogen-bond donors (Lipinski definition) is 1. The van der Waals surface area contributed by atoms with Crippen LogP contribution in [0.1, 0.15) is 36.4 Å². The van der Waals surface area contributed by atoms with Crippen molar-refractivity contribution in [2.24, 2.45) is 0 Å². The van der Waals surface area contributed by atoms with Gasteiger partial charge in [-0.1, -0.05) is 0 Å². The number of anilines is 1. The summed E-state index contributed by atoms with van der Waals surface area (Å²) in [5.74, 6) is 2.68. The van der Waals surface area contributed by atoms with Crippen LogP contribution in [0.2, 0.25) is 0 Å². The summed E-state index contributed by atoms with van der Waals surface area (Å²) in [5.41, 5.74) is 4.08. The highest BCUT2D eigenvalue weighted by molar-refractivity contribution is 5.50. The van der Waals surface area contributed by atoms with Gasteiger partial charge in [-0.25, -0.2) is 4.98 Å². The number of aromatic nitrogens is 2. The largest absolute Gasteiger partial charge is 0.494 e. The molecule has 3 rings (SSSR count). The lowest BCUT2D eigenvalue weighted by molar-refractivity contribution is 0.254. The van der Waals surface area contributed by atoms with Gasteiger partial charge in [0.25, 0.3) is 0 Å². The third kappa shape index (κ3) is 3.38. The average molecular weight is 313 g/mol. The van der Waals surface area contributed by atoms with Gasteiger partial charge in [-0.2, -0.15) is 0 Å². The second-order valence-electron chi connectivity index (χ2n) is 5.93. The third-order valence-corrected chi connectivity index (χ3v) is 3.90. The third-order valence-electron chi connectivity index (χ3n) is 3.90. The maximum absolute atomic E-state index is 5.86. The quantitative estimate of drug-likeness (QED) is 0.916. The number of aryl methyl sites for hydroxylation is 2. The average Bonchev–Trinajstić information content (AvgIpc) is 2.87. The molecule has 23 heavy (non-hydrogen) atoms. The van der Waals surface area contributed by atoms with Gasteiger partial charge >= 0.3 is 0 Å². The van der Waals surface area contributed by atoms with E-state index in [1.165, 1.54) is 5.56 Å². The predicted octanol–water partition coefficient (Wildman–Crippen LogP) is 3.43. The fraction of sp³-hybridized carbons (Fsp3) is 0.444. The standard InChI is InChI=1S/C18H23N3O2/c1-5-22-16-7-14-6-12(3)23-17(14)8-15(16)10-20-18-13(4)19-9-11(2)21-18/h7-9,12H,5-6,10H2,1-4H3,(H,20,21). The Balaban J connectivity index is 1.84. The molecule has 0 saturated carbocycles. The summed E-state index contributed by atoms with van der Waals surface area (Å²) in [5, 5.41) is 3.36. The van der Waals surface area contributed by atoms with E-state index in [9.17, 15) is 0 Å². The van der Waals surface area contributed by atoms with Crippen molar-refractivity contribution in [3.05, 3.63) is 40.8 Å². The fourth-order valence-electron chi connectivity index (χ4n) is 2.79. The monoisotopic (exact) mass is 313 g/mol. The summed E-state index contributed by atoms with van der Waals surface area (Å²) < 4.78 is 11.7. The molecule has 0 radical (unpaired) electrons. The van der Waals surface area contributed by atoms with Crippen molar-refractivity contribution in [1.82, 2.24) is 9.97 Å². The Morgan fingerprint density at radius 1 is 1.35 bits per heavy atom. The molecule has 0 fully saturated rings. The lowest BCUT2D eigenvalue weighted by atomic mass is 10.1. The molecule has 2 heterocycles. The van der Waals surface area contributed by atoms with Crippen LogP contribution in [0.15, 0.2) is 18.3 Å². The van der Waals surface area contributed by atoms with Crippen molar-refractivity contribution in [3.63, 3.8) is 0 Å². The van der Waals surface area contributed by atoms with Crippen LogP contribution >= 0.6 is 0 Å². The fourth-order valence-corrected chi connectivity index (χ4v) is 2.79. The number of fused-ring (bicyclic) bond motifs is 1. The van der Waals surface area contributed by atoms with E-state index in [0.29, 0.717) is 13.2 Å². The molecule has 0 spiro atoms. The summed E-state index contributed by atoms with van der Waals surface area (Å²) in [6, 6.07) is 4.18. The maximum Gasteiger partial charge on any atom is 0.148 e. The first kappa shape index (κ1) is 15.6. The van der Waals surface area contributed by atoms with Gasteiger partial charge in [-0.05, 0) is 39.8 Å². The molecule has 2 aromatic rings. The van der Waals surface area contributed by atoms with Crippen LogP contribution in [0, 0.1) is 13.8 Å². The van der Waals surface area contributed by atoms with Gasteiger partial charge in [-0.3, -0.25) is 4.98 Å². The molecule has 1 N–H and O–H groups in total. The first-order chi connectivity index (χ1) is 11.1. The molecular weight excluding hydrogens is 290 g/mol. The van der Waals surface area contributed by atoms with Crippen molar-refractivity contribution in [2.75, 3.05) is 11.9 Å². The number of benzene rings is 1. The van der Waals surface area contributed by atoms with E-state index >= 15 is 0 Å². The molecule has 0 aliphatic carbocycles. The first-order valence-electron chi connectivity index (χ1n) is 8.06. The van der Waals surface area contributed by atoms with Crippen molar-refractivity contribution in [2.45, 2.75) is 46.8 Å². The summed E-state index contributed by atoms with van der Waals surface area (Å²) in [6.07, 6.45) is 2.94. The van der Waals surface area contributed by atoms with E-state index in [4.69, 9.17) is 9.47 Å². The Kier molecular flexibility index (Phi) is 4.37. The van der Waals surface area contributed by atoms with Crippen LogP contribution in [-0.2, 0) is 13.0 Å². The van der Waals surface area contributed by atoms with E-state index in [2.05, 4.69) is 34.3 Å². The molecule has 0 bridgehead atoms. The highest BCUT2D eigenvalue weighted by Gasteiger charge is 2.21. The molecule has 5 nitrogen and oxygen atoms in total. The van der Waals surface area contributed by atoms with Gasteiger partial charge in [0, 0.05) is 30.3 Å². The number of nitrogens with zero attached hydrogens (tertiary/aromatic N) is 2. The number of rotatable bonds is 5. The zero-order valence-electron chi connectivity index (χ0n) is 14.1. The first-order valence-corrected chi connectivity index (χ1v) is 8.06. The molecule has 122 valence electrons. The molecule has 5 heteroatoms. The van der Waals surface area contributed by atoms with Crippen LogP contribution < -0.4 is 14.8 Å². The van der Waals surface area contributed by atoms with Crippen LogP contribution in [0.4, 0.5) is 5.82 Å². The van der Waals surface area contributed by atoms with Gasteiger partial charge in [0.15, 0.2) is 0 Å². The molecule has 1 aliphatic heterocycles. The second-order valence-corrected chi connectivity index (χ2v) is 5.93. The molecular formula is C18H23N3O2. The molecule has 1 aromatic carbocycles. The number of hydrogen-bond acceptors (Lipinski definition) is 5. The van der Waals surface area contributed by atoms with Gasteiger partial charge < -0.3 is 14.8 Å². The minimum atomic E-state index is 0.229. The number of nitrogens with one attached hydrogen (secondary N) is 1. The molecule has 1 aliphatic rings. The van der Waals surface area contributed by atoms with E-state index in [0.717, 1.165) is 40.7 Å². The summed E-state index contributed by atoms with van der Waals surface area (Å²) in [6.45, 7) is 9.24. The second kappa shape index (κ2) is 6.44. The van der Waals surface area contributed by atoms with Gasteiger partial charge in [0.05, 0.1) is 18.0 Å². The zero-order valence-corrected chi connectivity index (χ0v) is 14.1. The smallest absolute Gasteiger partial charge is 0.148 e. The van der Waals surface area contributed by atoms with E-state index in [-0.39, 0.29) is 6.10 Å². The van der Waals surface area contributed by atoms with Crippen molar-refractivity contribution in [1.29, 1.82) is 0 Å². The van der Waals surface area contributed by atoms with Crippen molar-refractivity contribution >= 4 is 5.82 Å². The highest BCUT2D eigenvalue weighted by atomic mass is 16.5. The van der Waals surface area contributed by atoms with Gasteiger partial charge in [0.1, 0.15) is 23.4 Å². The summed E-state index contributed by atoms with van der Waals surface area (Å²) in [7, 11) is 0. The number of ether oxygens (including phenoxy) is 2. The van der Waals surface area contributed by atoms with Crippen molar-refractivity contribution in [3.8, 4) is 11.5 Å². The normalized spacial score (nSPS) is 15.9. The Labute approximate surface area is 137 Å². The van der Waals surface area contributed by atoms with E-state index < -0.39 is 0 Å². The van der Waals surface area contributed by atoms with E-state index in [1.54, 1.807) is 6.20 Å². The van der Waals surface area contributed by atoms with Gasteiger partial charge in [0.2, 0.25) is 0 Å². The van der Waals surface area contributed by atoms with Crippen LogP contribution in [0.25, 0.3) is 0 Å². The van der Waals surface area contributed by atoms with Crippen LogP contribution in [-0.4, -0.2) is 22.7 Å². The predicted molar refractivity (Wildman–Crippen MR) is 90.2 cm³/mol. The maximum atomic E-state index is 5.86. The molecule has 0 amide bonds.